The number of fused-ring (bicyclic) bond motifs is 4. The van der Waals surface area contributed by atoms with Gasteiger partial charge in [-0.1, -0.05) is 41.9 Å². The van der Waals surface area contributed by atoms with Crippen molar-refractivity contribution >= 4 is 44.7 Å². The lowest BCUT2D eigenvalue weighted by atomic mass is 10.2. The molecule has 2 heterocycles. The first-order valence-corrected chi connectivity index (χ1v) is 10.1. The molecule has 2 aromatic heterocycles. The van der Waals surface area contributed by atoms with E-state index in [1.807, 2.05) is 74.5 Å². The number of halogens is 1. The van der Waals surface area contributed by atoms with Gasteiger partial charge >= 0.3 is 0 Å². The van der Waals surface area contributed by atoms with Crippen molar-refractivity contribution in [2.45, 2.75) is 26.5 Å². The summed E-state index contributed by atoms with van der Waals surface area (Å²) in [5, 5.41) is 1.70. The zero-order valence-corrected chi connectivity index (χ0v) is 17.0. The maximum atomic E-state index is 6.31. The Labute approximate surface area is 173 Å². The smallest absolute Gasteiger partial charge is 0.160 e. The molecule has 0 unspecified atom stereocenters. The zero-order chi connectivity index (χ0) is 20.0. The summed E-state index contributed by atoms with van der Waals surface area (Å²) in [6.07, 6.45) is 0.108. The van der Waals surface area contributed by atoms with Crippen molar-refractivity contribution in [2.24, 2.45) is 0 Å². The van der Waals surface area contributed by atoms with Crippen LogP contribution in [0.4, 0.5) is 0 Å². The number of rotatable bonds is 4. The molecule has 0 fully saturated rings. The van der Waals surface area contributed by atoms with Crippen molar-refractivity contribution in [3.8, 4) is 5.75 Å². The second-order valence-electron chi connectivity index (χ2n) is 7.41. The predicted molar refractivity (Wildman–Crippen MR) is 119 cm³/mol. The van der Waals surface area contributed by atoms with E-state index in [4.69, 9.17) is 26.3 Å². The molecule has 0 atom stereocenters. The third-order valence-electron chi connectivity index (χ3n) is 4.98. The van der Waals surface area contributed by atoms with Crippen molar-refractivity contribution in [1.29, 1.82) is 0 Å². The Balaban J connectivity index is 1.77. The minimum atomic E-state index is 0.108. The maximum absolute atomic E-state index is 6.31. The molecular formula is C24H20ClN3O. The van der Waals surface area contributed by atoms with Gasteiger partial charge < -0.3 is 9.30 Å². The fourth-order valence-electron chi connectivity index (χ4n) is 3.74. The number of ether oxygens (including phenoxy) is 1. The third-order valence-corrected chi connectivity index (χ3v) is 5.21. The summed E-state index contributed by atoms with van der Waals surface area (Å²) in [5.41, 5.74) is 5.62. The first kappa shape index (κ1) is 18.0. The Morgan fingerprint density at radius 1 is 0.931 bits per heavy atom. The Morgan fingerprint density at radius 3 is 2.45 bits per heavy atom. The molecule has 0 aliphatic rings. The monoisotopic (exact) mass is 401 g/mol. The summed E-state index contributed by atoms with van der Waals surface area (Å²) in [4.78, 5) is 9.85. The molecule has 0 saturated carbocycles. The summed E-state index contributed by atoms with van der Waals surface area (Å²) < 4.78 is 8.23. The second-order valence-corrected chi connectivity index (χ2v) is 7.84. The highest BCUT2D eigenvalue weighted by molar-refractivity contribution is 6.31. The maximum Gasteiger partial charge on any atom is 0.160 e. The molecule has 144 valence electrons. The first-order valence-electron chi connectivity index (χ1n) is 9.69. The Kier molecular flexibility index (Phi) is 4.36. The molecule has 0 saturated heterocycles. The van der Waals surface area contributed by atoms with Crippen LogP contribution in [-0.4, -0.2) is 20.6 Å². The van der Waals surface area contributed by atoms with Gasteiger partial charge in [0, 0.05) is 16.0 Å². The number of aromatic nitrogens is 3. The number of hydrogen-bond acceptors (Lipinski definition) is 3. The van der Waals surface area contributed by atoms with Crippen LogP contribution >= 0.6 is 11.6 Å². The van der Waals surface area contributed by atoms with Crippen molar-refractivity contribution in [3.63, 3.8) is 0 Å². The second kappa shape index (κ2) is 7.05. The van der Waals surface area contributed by atoms with Gasteiger partial charge in [-0.2, -0.15) is 0 Å². The van der Waals surface area contributed by atoms with Crippen LogP contribution in [0, 0.1) is 0 Å². The van der Waals surface area contributed by atoms with Crippen LogP contribution in [0.5, 0.6) is 5.75 Å². The SMILES string of the molecule is CC(C)Oc1ccccc1Cn1c2ccc(Cl)cc2c2nc3ccccc3nc21. The fraction of sp³-hybridized carbons (Fsp3) is 0.167. The number of hydrogen-bond donors (Lipinski definition) is 0. The van der Waals surface area contributed by atoms with E-state index in [0.717, 1.165) is 44.4 Å². The van der Waals surface area contributed by atoms with E-state index in [2.05, 4.69) is 10.6 Å². The van der Waals surface area contributed by atoms with Gasteiger partial charge in [0.1, 0.15) is 11.3 Å². The van der Waals surface area contributed by atoms with E-state index in [1.54, 1.807) is 0 Å². The highest BCUT2D eigenvalue weighted by Crippen LogP contribution is 2.32. The van der Waals surface area contributed by atoms with Crippen molar-refractivity contribution in [2.75, 3.05) is 0 Å². The summed E-state index contributed by atoms with van der Waals surface area (Å²) in [6.45, 7) is 4.71. The van der Waals surface area contributed by atoms with Gasteiger partial charge in [-0.05, 0) is 50.2 Å². The predicted octanol–water partition coefficient (Wildman–Crippen LogP) is 6.23. The lowest BCUT2D eigenvalue weighted by Gasteiger charge is -2.15. The Hall–Kier alpha value is -3.11. The van der Waals surface area contributed by atoms with E-state index in [1.165, 1.54) is 0 Å². The standard InChI is InChI=1S/C24H20ClN3O/c1-15(2)29-22-10-6-3-7-16(22)14-28-21-12-11-17(25)13-18(21)23-24(28)27-20-9-5-4-8-19(20)26-23/h3-13,15H,14H2,1-2H3. The normalized spacial score (nSPS) is 11.7. The molecule has 0 N–H and O–H groups in total. The van der Waals surface area contributed by atoms with Crippen LogP contribution in [0.15, 0.2) is 66.7 Å². The van der Waals surface area contributed by atoms with E-state index < -0.39 is 0 Å². The van der Waals surface area contributed by atoms with Gasteiger partial charge in [0.25, 0.3) is 0 Å². The van der Waals surface area contributed by atoms with Gasteiger partial charge in [-0.15, -0.1) is 0 Å². The van der Waals surface area contributed by atoms with Crippen LogP contribution in [0.2, 0.25) is 5.02 Å². The quantitative estimate of drug-likeness (QED) is 0.358. The molecular weight excluding hydrogens is 382 g/mol. The summed E-state index contributed by atoms with van der Waals surface area (Å²) in [7, 11) is 0. The van der Waals surface area contributed by atoms with Crippen LogP contribution in [-0.2, 0) is 6.54 Å². The Morgan fingerprint density at radius 2 is 1.66 bits per heavy atom. The van der Waals surface area contributed by atoms with Gasteiger partial charge in [0.05, 0.1) is 29.2 Å². The van der Waals surface area contributed by atoms with E-state index in [9.17, 15) is 0 Å². The molecule has 0 bridgehead atoms. The summed E-state index contributed by atoms with van der Waals surface area (Å²) >= 11 is 6.31. The lowest BCUT2D eigenvalue weighted by Crippen LogP contribution is -2.09. The first-order chi connectivity index (χ1) is 14.1. The zero-order valence-electron chi connectivity index (χ0n) is 16.3. The van der Waals surface area contributed by atoms with Crippen LogP contribution in [0.25, 0.3) is 33.1 Å². The molecule has 0 spiro atoms. The highest BCUT2D eigenvalue weighted by Gasteiger charge is 2.16. The van der Waals surface area contributed by atoms with E-state index in [0.29, 0.717) is 11.6 Å². The molecule has 5 aromatic rings. The largest absolute Gasteiger partial charge is 0.491 e. The van der Waals surface area contributed by atoms with Crippen molar-refractivity contribution < 1.29 is 4.74 Å². The average molecular weight is 402 g/mol. The molecule has 0 radical (unpaired) electrons. The minimum Gasteiger partial charge on any atom is -0.491 e. The summed E-state index contributed by atoms with van der Waals surface area (Å²) in [5.74, 6) is 0.889. The molecule has 0 amide bonds. The highest BCUT2D eigenvalue weighted by atomic mass is 35.5. The number of benzene rings is 3. The Bertz CT molecular complexity index is 1360. The third kappa shape index (κ3) is 3.19. The van der Waals surface area contributed by atoms with Gasteiger partial charge in [-0.3, -0.25) is 0 Å². The van der Waals surface area contributed by atoms with Gasteiger partial charge in [0.2, 0.25) is 0 Å². The molecule has 4 nitrogen and oxygen atoms in total. The fourth-order valence-corrected chi connectivity index (χ4v) is 3.91. The topological polar surface area (TPSA) is 39.9 Å². The summed E-state index contributed by atoms with van der Waals surface area (Å²) in [6, 6.07) is 22.0. The van der Waals surface area contributed by atoms with Crippen molar-refractivity contribution in [1.82, 2.24) is 14.5 Å². The van der Waals surface area contributed by atoms with Crippen LogP contribution in [0.3, 0.4) is 0 Å². The van der Waals surface area contributed by atoms with E-state index in [-0.39, 0.29) is 6.10 Å². The number of nitrogens with zero attached hydrogens (tertiary/aromatic N) is 3. The van der Waals surface area contributed by atoms with Crippen LogP contribution < -0.4 is 4.74 Å². The molecule has 5 heteroatoms. The van der Waals surface area contributed by atoms with Gasteiger partial charge in [-0.25, -0.2) is 9.97 Å². The molecule has 0 aliphatic heterocycles. The van der Waals surface area contributed by atoms with Crippen LogP contribution in [0.1, 0.15) is 19.4 Å². The number of para-hydroxylation sites is 3. The molecule has 29 heavy (non-hydrogen) atoms. The van der Waals surface area contributed by atoms with E-state index >= 15 is 0 Å². The van der Waals surface area contributed by atoms with Crippen molar-refractivity contribution in [3.05, 3.63) is 77.3 Å². The van der Waals surface area contributed by atoms with Gasteiger partial charge in [0.15, 0.2) is 5.65 Å². The molecule has 0 aliphatic carbocycles. The molecule has 3 aromatic carbocycles. The molecule has 5 rings (SSSR count). The average Bonchev–Trinajstić information content (AvgIpc) is 2.99. The lowest BCUT2D eigenvalue weighted by molar-refractivity contribution is 0.239. The minimum absolute atomic E-state index is 0.108.